The Balaban J connectivity index is 1.59. The van der Waals surface area contributed by atoms with Crippen LogP contribution in [-0.4, -0.2) is 48.5 Å². The van der Waals surface area contributed by atoms with Gasteiger partial charge in [-0.15, -0.1) is 0 Å². The molecule has 1 saturated heterocycles. The molecule has 4 rings (SSSR count). The molecule has 1 aliphatic heterocycles. The average molecular weight is 385 g/mol. The minimum Gasteiger partial charge on any atom is -0.341 e. The Morgan fingerprint density at radius 2 is 1.96 bits per heavy atom. The van der Waals surface area contributed by atoms with Crippen molar-refractivity contribution in [1.29, 1.82) is 0 Å². The number of rotatable bonds is 4. The quantitative estimate of drug-likeness (QED) is 0.807. The number of carbonyl (C=O) groups is 1. The van der Waals surface area contributed by atoms with Gasteiger partial charge in [-0.3, -0.25) is 4.79 Å². The summed E-state index contributed by atoms with van der Waals surface area (Å²) in [5.41, 5.74) is 1.22. The summed E-state index contributed by atoms with van der Waals surface area (Å²) in [5.74, 6) is 0.0790. The third kappa shape index (κ3) is 3.36. The maximum absolute atomic E-state index is 13.3. The van der Waals surface area contributed by atoms with Crippen LogP contribution in [0, 0.1) is 0 Å². The number of hydrogen-bond donors (Lipinski definition) is 0. The monoisotopic (exact) mass is 385 g/mol. The lowest BCUT2D eigenvalue weighted by Gasteiger charge is -2.35. The highest BCUT2D eigenvalue weighted by Crippen LogP contribution is 2.50. The highest BCUT2D eigenvalue weighted by molar-refractivity contribution is 7.90. The number of likely N-dealkylation sites (tertiary alicyclic amines) is 1. The van der Waals surface area contributed by atoms with Crippen molar-refractivity contribution in [3.63, 3.8) is 0 Å². The minimum absolute atomic E-state index is 0.0815. The molecule has 1 atom stereocenters. The van der Waals surface area contributed by atoms with Gasteiger partial charge in [-0.1, -0.05) is 30.3 Å². The molecule has 0 bridgehead atoms. The van der Waals surface area contributed by atoms with Gasteiger partial charge in [-0.05, 0) is 31.2 Å². The van der Waals surface area contributed by atoms with E-state index in [4.69, 9.17) is 0 Å². The molecule has 2 aliphatic rings. The number of hydrogen-bond acceptors (Lipinski definition) is 5. The fourth-order valence-corrected chi connectivity index (χ4v) is 4.97. The number of benzene rings is 1. The van der Waals surface area contributed by atoms with Crippen LogP contribution in [0.4, 0.5) is 0 Å². The average Bonchev–Trinajstić information content (AvgIpc) is 3.50. The van der Waals surface area contributed by atoms with E-state index >= 15 is 0 Å². The van der Waals surface area contributed by atoms with E-state index in [0.29, 0.717) is 18.8 Å². The summed E-state index contributed by atoms with van der Waals surface area (Å²) in [5, 5.41) is 0. The lowest BCUT2D eigenvalue weighted by atomic mass is 9.90. The Morgan fingerprint density at radius 1 is 1.22 bits per heavy atom. The predicted octanol–water partition coefficient (Wildman–Crippen LogP) is 2.32. The number of carbonyl (C=O) groups excluding carboxylic acids is 1. The number of sulfone groups is 1. The summed E-state index contributed by atoms with van der Waals surface area (Å²) < 4.78 is 24.2. The van der Waals surface area contributed by atoms with Gasteiger partial charge < -0.3 is 4.90 Å². The molecule has 0 radical (unpaired) electrons. The van der Waals surface area contributed by atoms with Crippen LogP contribution >= 0.6 is 0 Å². The fraction of sp³-hybridized carbons (Fsp3) is 0.450. The van der Waals surface area contributed by atoms with E-state index in [1.807, 2.05) is 35.2 Å². The predicted molar refractivity (Wildman–Crippen MR) is 101 cm³/mol. The fourth-order valence-electron chi connectivity index (χ4n) is 4.11. The highest BCUT2D eigenvalue weighted by atomic mass is 32.2. The van der Waals surface area contributed by atoms with E-state index in [-0.39, 0.29) is 16.7 Å². The molecule has 1 aromatic carbocycles. The minimum atomic E-state index is -3.41. The SMILES string of the molecule is CS(=O)(=O)c1cncnc1[C@H]1CCCN(C(=O)C2(c3ccccc3)CC2)C1. The summed E-state index contributed by atoms with van der Waals surface area (Å²) >= 11 is 0. The van der Waals surface area contributed by atoms with Crippen molar-refractivity contribution in [2.45, 2.75) is 41.9 Å². The number of amides is 1. The van der Waals surface area contributed by atoms with E-state index in [1.165, 1.54) is 18.8 Å². The van der Waals surface area contributed by atoms with Crippen molar-refractivity contribution in [1.82, 2.24) is 14.9 Å². The Hall–Kier alpha value is -2.28. The molecule has 6 nitrogen and oxygen atoms in total. The lowest BCUT2D eigenvalue weighted by Crippen LogP contribution is -2.44. The van der Waals surface area contributed by atoms with Crippen molar-refractivity contribution in [3.05, 3.63) is 54.1 Å². The van der Waals surface area contributed by atoms with Gasteiger partial charge in [0.1, 0.15) is 11.2 Å². The Morgan fingerprint density at radius 3 is 2.63 bits per heavy atom. The topological polar surface area (TPSA) is 80.2 Å². The summed E-state index contributed by atoms with van der Waals surface area (Å²) in [6.45, 7) is 1.22. The first kappa shape index (κ1) is 18.1. The zero-order valence-corrected chi connectivity index (χ0v) is 16.2. The van der Waals surface area contributed by atoms with E-state index in [2.05, 4.69) is 9.97 Å². The van der Waals surface area contributed by atoms with E-state index < -0.39 is 15.3 Å². The molecule has 2 aromatic rings. The van der Waals surface area contributed by atoms with Gasteiger partial charge in [0.05, 0.1) is 11.1 Å². The molecular weight excluding hydrogens is 362 g/mol. The molecule has 2 heterocycles. The Labute approximate surface area is 159 Å². The van der Waals surface area contributed by atoms with Gasteiger partial charge in [-0.25, -0.2) is 18.4 Å². The summed E-state index contributed by atoms with van der Waals surface area (Å²) in [7, 11) is -3.41. The molecular formula is C20H23N3O3S. The maximum atomic E-state index is 13.3. The van der Waals surface area contributed by atoms with Gasteiger partial charge in [0.2, 0.25) is 5.91 Å². The second kappa shape index (κ2) is 6.71. The van der Waals surface area contributed by atoms with Crippen molar-refractivity contribution < 1.29 is 13.2 Å². The van der Waals surface area contributed by atoms with Gasteiger partial charge in [0, 0.05) is 31.5 Å². The van der Waals surface area contributed by atoms with E-state index in [1.54, 1.807) is 0 Å². The van der Waals surface area contributed by atoms with Gasteiger partial charge in [0.15, 0.2) is 9.84 Å². The van der Waals surface area contributed by atoms with Gasteiger partial charge >= 0.3 is 0 Å². The van der Waals surface area contributed by atoms with E-state index in [9.17, 15) is 13.2 Å². The molecule has 1 aromatic heterocycles. The van der Waals surface area contributed by atoms with Gasteiger partial charge in [-0.2, -0.15) is 0 Å². The largest absolute Gasteiger partial charge is 0.341 e. The lowest BCUT2D eigenvalue weighted by molar-refractivity contribution is -0.135. The molecule has 0 unspecified atom stereocenters. The second-order valence-electron chi connectivity index (χ2n) is 7.58. The third-order valence-electron chi connectivity index (χ3n) is 5.69. The van der Waals surface area contributed by atoms with Crippen LogP contribution < -0.4 is 0 Å². The normalized spacial score (nSPS) is 21.7. The molecule has 7 heteroatoms. The Kier molecular flexibility index (Phi) is 4.50. The molecule has 0 N–H and O–H groups in total. The van der Waals surface area contributed by atoms with Crippen molar-refractivity contribution in [2.75, 3.05) is 19.3 Å². The zero-order chi connectivity index (χ0) is 19.1. The molecule has 142 valence electrons. The van der Waals surface area contributed by atoms with Gasteiger partial charge in [0.25, 0.3) is 0 Å². The smallest absolute Gasteiger partial charge is 0.233 e. The Bertz CT molecular complexity index is 955. The first-order valence-electron chi connectivity index (χ1n) is 9.27. The molecule has 1 aliphatic carbocycles. The van der Waals surface area contributed by atoms with Crippen LogP contribution in [0.1, 0.15) is 42.9 Å². The standard InChI is InChI=1S/C20H23N3O3S/c1-27(25,26)17-12-21-14-22-18(17)15-6-5-11-23(13-15)19(24)20(9-10-20)16-7-3-2-4-8-16/h2-4,7-8,12,14-15H,5-6,9-11,13H2,1H3/t15-/m0/s1. The zero-order valence-electron chi connectivity index (χ0n) is 15.3. The van der Waals surface area contributed by atoms with Crippen LogP contribution in [0.15, 0.2) is 47.8 Å². The maximum Gasteiger partial charge on any atom is 0.233 e. The molecule has 0 spiro atoms. The van der Waals surface area contributed by atoms with Crippen molar-refractivity contribution in [2.24, 2.45) is 0 Å². The molecule has 1 saturated carbocycles. The van der Waals surface area contributed by atoms with Crippen molar-refractivity contribution >= 4 is 15.7 Å². The highest BCUT2D eigenvalue weighted by Gasteiger charge is 2.53. The number of piperidine rings is 1. The second-order valence-corrected chi connectivity index (χ2v) is 9.57. The van der Waals surface area contributed by atoms with Crippen LogP contribution in [0.2, 0.25) is 0 Å². The summed E-state index contributed by atoms with van der Waals surface area (Å²) in [6.07, 6.45) is 7.34. The molecule has 27 heavy (non-hydrogen) atoms. The van der Waals surface area contributed by atoms with Crippen LogP contribution in [-0.2, 0) is 20.0 Å². The number of nitrogens with zero attached hydrogens (tertiary/aromatic N) is 3. The van der Waals surface area contributed by atoms with E-state index in [0.717, 1.165) is 31.2 Å². The third-order valence-corrected chi connectivity index (χ3v) is 6.80. The summed E-state index contributed by atoms with van der Waals surface area (Å²) in [6, 6.07) is 9.96. The first-order valence-corrected chi connectivity index (χ1v) is 11.2. The van der Waals surface area contributed by atoms with Crippen molar-refractivity contribution in [3.8, 4) is 0 Å². The number of aromatic nitrogens is 2. The molecule has 1 amide bonds. The summed E-state index contributed by atoms with van der Waals surface area (Å²) in [4.78, 5) is 23.5. The van der Waals surface area contributed by atoms with Crippen LogP contribution in [0.25, 0.3) is 0 Å². The first-order chi connectivity index (χ1) is 12.9. The van der Waals surface area contributed by atoms with Crippen LogP contribution in [0.3, 0.4) is 0 Å². The molecule has 2 fully saturated rings. The van der Waals surface area contributed by atoms with Crippen LogP contribution in [0.5, 0.6) is 0 Å².